The van der Waals surface area contributed by atoms with Gasteiger partial charge in [-0.2, -0.15) is 0 Å². The summed E-state index contributed by atoms with van der Waals surface area (Å²) in [6.45, 7) is 6.92. The normalized spacial score (nSPS) is 17.0. The minimum atomic E-state index is -1.07. The number of carboxylic acids is 1. The number of nitrogens with one attached hydrogen (secondary N) is 2. The quantitative estimate of drug-likeness (QED) is 0.308. The van der Waals surface area contributed by atoms with Crippen molar-refractivity contribution in [3.05, 3.63) is 0 Å². The Morgan fingerprint density at radius 2 is 1.59 bits per heavy atom. The molecule has 132 valence electrons. The molecule has 22 heavy (non-hydrogen) atoms. The Bertz CT molecular complexity index is 289. The van der Waals surface area contributed by atoms with Crippen LogP contribution in [0.3, 0.4) is 0 Å². The summed E-state index contributed by atoms with van der Waals surface area (Å²) in [6.07, 6.45) is 4.08. The summed E-state index contributed by atoms with van der Waals surface area (Å²) in [5.74, 6) is -1.07. The van der Waals surface area contributed by atoms with Gasteiger partial charge in [-0.3, -0.25) is 4.79 Å². The van der Waals surface area contributed by atoms with E-state index in [1.165, 1.54) is 12.8 Å². The van der Waals surface area contributed by atoms with E-state index < -0.39 is 24.2 Å². The molecule has 0 bridgehead atoms. The molecule has 0 rings (SSSR count). The standard InChI is InChI=1S/C16H34N2O4/c1-4-7-8-9-10-17-12(13(19)5-2)11-18-15(16(21)22)14(20)6-3/h12-15,17-20H,4-11H2,1-3H3,(H,21,22). The highest BCUT2D eigenvalue weighted by Crippen LogP contribution is 2.04. The van der Waals surface area contributed by atoms with E-state index in [-0.39, 0.29) is 6.04 Å². The van der Waals surface area contributed by atoms with Gasteiger partial charge in [-0.1, -0.05) is 40.0 Å². The van der Waals surface area contributed by atoms with Crippen LogP contribution in [0.25, 0.3) is 0 Å². The van der Waals surface area contributed by atoms with Crippen LogP contribution in [0.5, 0.6) is 0 Å². The molecule has 6 heteroatoms. The molecule has 5 N–H and O–H groups in total. The van der Waals surface area contributed by atoms with Crippen molar-refractivity contribution in [2.24, 2.45) is 0 Å². The predicted octanol–water partition coefficient (Wildman–Crippen LogP) is 1.11. The molecular weight excluding hydrogens is 284 g/mol. The number of rotatable bonds is 14. The van der Waals surface area contributed by atoms with E-state index in [1.54, 1.807) is 6.92 Å². The molecule has 0 heterocycles. The van der Waals surface area contributed by atoms with E-state index in [1.807, 2.05) is 6.92 Å². The molecule has 0 spiro atoms. The van der Waals surface area contributed by atoms with E-state index in [2.05, 4.69) is 17.6 Å². The maximum atomic E-state index is 11.2. The number of aliphatic hydroxyl groups is 2. The van der Waals surface area contributed by atoms with E-state index in [0.29, 0.717) is 19.4 Å². The van der Waals surface area contributed by atoms with Crippen molar-refractivity contribution < 1.29 is 20.1 Å². The second-order valence-electron chi connectivity index (χ2n) is 5.80. The Morgan fingerprint density at radius 3 is 2.09 bits per heavy atom. The van der Waals surface area contributed by atoms with Crippen LogP contribution in [0.1, 0.15) is 59.3 Å². The van der Waals surface area contributed by atoms with Crippen LogP contribution in [0.15, 0.2) is 0 Å². The van der Waals surface area contributed by atoms with Crippen LogP contribution in [-0.2, 0) is 4.79 Å². The lowest BCUT2D eigenvalue weighted by Gasteiger charge is -2.27. The van der Waals surface area contributed by atoms with Crippen LogP contribution in [0.4, 0.5) is 0 Å². The van der Waals surface area contributed by atoms with Gasteiger partial charge < -0.3 is 26.0 Å². The third-order valence-corrected chi connectivity index (χ3v) is 3.95. The molecule has 0 aliphatic heterocycles. The number of aliphatic hydroxyl groups excluding tert-OH is 2. The Labute approximate surface area is 134 Å². The summed E-state index contributed by atoms with van der Waals surface area (Å²) in [5.41, 5.74) is 0. The minimum Gasteiger partial charge on any atom is -0.480 e. The first-order valence-electron chi connectivity index (χ1n) is 8.53. The fourth-order valence-corrected chi connectivity index (χ4v) is 2.35. The molecule has 6 nitrogen and oxygen atoms in total. The maximum Gasteiger partial charge on any atom is 0.323 e. The van der Waals surface area contributed by atoms with Crippen LogP contribution >= 0.6 is 0 Å². The summed E-state index contributed by atoms with van der Waals surface area (Å²) in [5, 5.41) is 35.1. The average Bonchev–Trinajstić information content (AvgIpc) is 2.51. The van der Waals surface area contributed by atoms with Crippen molar-refractivity contribution in [1.82, 2.24) is 10.6 Å². The van der Waals surface area contributed by atoms with Gasteiger partial charge in [0.25, 0.3) is 0 Å². The highest BCUT2D eigenvalue weighted by Gasteiger charge is 2.26. The Morgan fingerprint density at radius 1 is 0.955 bits per heavy atom. The third kappa shape index (κ3) is 8.68. The number of aliphatic carboxylic acids is 1. The SMILES string of the molecule is CCCCCCNC(CNC(C(=O)O)C(O)CC)C(O)CC. The number of hydrogen-bond acceptors (Lipinski definition) is 5. The van der Waals surface area contributed by atoms with E-state index in [4.69, 9.17) is 5.11 Å². The monoisotopic (exact) mass is 318 g/mol. The Hall–Kier alpha value is -0.690. The first kappa shape index (κ1) is 21.3. The molecule has 0 radical (unpaired) electrons. The van der Waals surface area contributed by atoms with E-state index in [0.717, 1.165) is 19.4 Å². The zero-order valence-electron chi connectivity index (χ0n) is 14.2. The van der Waals surface area contributed by atoms with Crippen molar-refractivity contribution in [1.29, 1.82) is 0 Å². The molecule has 4 atom stereocenters. The molecule has 0 aliphatic rings. The third-order valence-electron chi connectivity index (χ3n) is 3.95. The van der Waals surface area contributed by atoms with Crippen molar-refractivity contribution >= 4 is 5.97 Å². The zero-order valence-corrected chi connectivity index (χ0v) is 14.2. The predicted molar refractivity (Wildman–Crippen MR) is 88.0 cm³/mol. The second-order valence-corrected chi connectivity index (χ2v) is 5.80. The lowest BCUT2D eigenvalue weighted by molar-refractivity contribution is -0.142. The summed E-state index contributed by atoms with van der Waals surface area (Å²) in [6, 6.07) is -1.21. The smallest absolute Gasteiger partial charge is 0.323 e. The van der Waals surface area contributed by atoms with Gasteiger partial charge in [-0.15, -0.1) is 0 Å². The lowest BCUT2D eigenvalue weighted by Crippen LogP contribution is -2.53. The molecule has 0 aromatic rings. The highest BCUT2D eigenvalue weighted by atomic mass is 16.4. The van der Waals surface area contributed by atoms with Crippen LogP contribution in [-0.4, -0.2) is 58.7 Å². The average molecular weight is 318 g/mol. The Balaban J connectivity index is 4.35. The molecule has 0 fully saturated rings. The molecule has 0 amide bonds. The molecule has 0 saturated carbocycles. The number of carbonyl (C=O) groups is 1. The zero-order chi connectivity index (χ0) is 17.0. The minimum absolute atomic E-state index is 0.211. The number of hydrogen-bond donors (Lipinski definition) is 5. The van der Waals surface area contributed by atoms with Crippen LogP contribution < -0.4 is 10.6 Å². The van der Waals surface area contributed by atoms with Crippen molar-refractivity contribution in [3.63, 3.8) is 0 Å². The largest absolute Gasteiger partial charge is 0.480 e. The molecule has 0 aromatic heterocycles. The molecule has 4 unspecified atom stereocenters. The summed E-state index contributed by atoms with van der Waals surface area (Å²) in [4.78, 5) is 11.2. The first-order chi connectivity index (χ1) is 10.5. The van der Waals surface area contributed by atoms with Crippen molar-refractivity contribution in [3.8, 4) is 0 Å². The van der Waals surface area contributed by atoms with Crippen LogP contribution in [0, 0.1) is 0 Å². The summed E-state index contributed by atoms with van der Waals surface area (Å²) >= 11 is 0. The van der Waals surface area contributed by atoms with Gasteiger partial charge in [-0.05, 0) is 25.8 Å². The molecular formula is C16H34N2O4. The van der Waals surface area contributed by atoms with Crippen LogP contribution in [0.2, 0.25) is 0 Å². The summed E-state index contributed by atoms with van der Waals surface area (Å²) in [7, 11) is 0. The molecule has 0 aromatic carbocycles. The number of unbranched alkanes of at least 4 members (excludes halogenated alkanes) is 3. The maximum absolute atomic E-state index is 11.2. The molecule has 0 saturated heterocycles. The van der Waals surface area contributed by atoms with Gasteiger partial charge in [0.15, 0.2) is 0 Å². The van der Waals surface area contributed by atoms with Gasteiger partial charge in [0.05, 0.1) is 12.2 Å². The van der Waals surface area contributed by atoms with Gasteiger partial charge in [0.1, 0.15) is 6.04 Å². The van der Waals surface area contributed by atoms with Gasteiger partial charge in [0.2, 0.25) is 0 Å². The van der Waals surface area contributed by atoms with Gasteiger partial charge in [-0.25, -0.2) is 0 Å². The molecule has 0 aliphatic carbocycles. The van der Waals surface area contributed by atoms with E-state index in [9.17, 15) is 15.0 Å². The number of carboxylic acid groups (broad SMARTS) is 1. The van der Waals surface area contributed by atoms with Gasteiger partial charge >= 0.3 is 5.97 Å². The fraction of sp³-hybridized carbons (Fsp3) is 0.938. The highest BCUT2D eigenvalue weighted by molar-refractivity contribution is 5.74. The van der Waals surface area contributed by atoms with Gasteiger partial charge in [0, 0.05) is 12.6 Å². The fourth-order valence-electron chi connectivity index (χ4n) is 2.35. The topological polar surface area (TPSA) is 102 Å². The second kappa shape index (κ2) is 12.8. The first-order valence-corrected chi connectivity index (χ1v) is 8.53. The summed E-state index contributed by atoms with van der Waals surface area (Å²) < 4.78 is 0. The van der Waals surface area contributed by atoms with Crippen molar-refractivity contribution in [2.75, 3.05) is 13.1 Å². The van der Waals surface area contributed by atoms with E-state index >= 15 is 0 Å². The Kier molecular flexibility index (Phi) is 12.4. The lowest BCUT2D eigenvalue weighted by atomic mass is 10.1. The van der Waals surface area contributed by atoms with Crippen molar-refractivity contribution in [2.45, 2.75) is 83.6 Å².